The molecule has 1 aliphatic heterocycles. The molecule has 1 heterocycles. The summed E-state index contributed by atoms with van der Waals surface area (Å²) in [6.45, 7) is 13.6. The Hall–Kier alpha value is -0.0400. The van der Waals surface area contributed by atoms with Crippen molar-refractivity contribution in [3.8, 4) is 0 Å². The van der Waals surface area contributed by atoms with E-state index in [1.807, 2.05) is 0 Å². The van der Waals surface area contributed by atoms with Gasteiger partial charge in [-0.25, -0.2) is 0 Å². The van der Waals surface area contributed by atoms with E-state index in [9.17, 15) is 0 Å². The molecule has 1 spiro atoms. The molecular formula is C22H43N. The first kappa shape index (κ1) is 19.3. The molecule has 0 aromatic heterocycles. The highest BCUT2D eigenvalue weighted by atomic mass is 15.1. The Morgan fingerprint density at radius 1 is 0.957 bits per heavy atom. The summed E-state index contributed by atoms with van der Waals surface area (Å²) in [5.41, 5.74) is 0.779. The van der Waals surface area contributed by atoms with E-state index >= 15 is 0 Å². The van der Waals surface area contributed by atoms with Gasteiger partial charge in [0.15, 0.2) is 0 Å². The first-order chi connectivity index (χ1) is 11.1. The Balaban J connectivity index is 1.65. The zero-order valence-electron chi connectivity index (χ0n) is 16.6. The second kappa shape index (κ2) is 9.44. The molecule has 1 heteroatoms. The van der Waals surface area contributed by atoms with Crippen molar-refractivity contribution in [2.24, 2.45) is 23.2 Å². The molecule has 1 saturated carbocycles. The van der Waals surface area contributed by atoms with Crippen molar-refractivity contribution in [3.05, 3.63) is 0 Å². The van der Waals surface area contributed by atoms with Gasteiger partial charge >= 0.3 is 0 Å². The van der Waals surface area contributed by atoms with Gasteiger partial charge in [-0.1, -0.05) is 59.8 Å². The van der Waals surface area contributed by atoms with E-state index in [1.54, 1.807) is 12.8 Å². The van der Waals surface area contributed by atoms with Gasteiger partial charge in [0.2, 0.25) is 0 Å². The third kappa shape index (κ3) is 5.76. The Labute approximate surface area is 146 Å². The lowest BCUT2D eigenvalue weighted by Gasteiger charge is -2.53. The Morgan fingerprint density at radius 2 is 1.57 bits per heavy atom. The van der Waals surface area contributed by atoms with Gasteiger partial charge < -0.3 is 4.90 Å². The van der Waals surface area contributed by atoms with E-state index in [0.717, 1.165) is 23.2 Å². The van der Waals surface area contributed by atoms with E-state index in [1.165, 1.54) is 77.4 Å². The summed E-state index contributed by atoms with van der Waals surface area (Å²) in [7, 11) is 0. The summed E-state index contributed by atoms with van der Waals surface area (Å²) in [5.74, 6) is 2.98. The molecule has 0 aromatic rings. The van der Waals surface area contributed by atoms with Crippen LogP contribution in [0.3, 0.4) is 0 Å². The van der Waals surface area contributed by atoms with Gasteiger partial charge in [0, 0.05) is 6.54 Å². The lowest BCUT2D eigenvalue weighted by atomic mass is 9.56. The van der Waals surface area contributed by atoms with Crippen LogP contribution < -0.4 is 0 Å². The molecule has 2 fully saturated rings. The Bertz CT molecular complexity index is 302. The highest BCUT2D eigenvalue weighted by Gasteiger charge is 2.45. The van der Waals surface area contributed by atoms with Crippen LogP contribution >= 0.6 is 0 Å². The van der Waals surface area contributed by atoms with Gasteiger partial charge in [0.25, 0.3) is 0 Å². The average Bonchev–Trinajstić information content (AvgIpc) is 2.52. The quantitative estimate of drug-likeness (QED) is 0.442. The van der Waals surface area contributed by atoms with Gasteiger partial charge in [0.1, 0.15) is 0 Å². The molecule has 2 rings (SSSR count). The van der Waals surface area contributed by atoms with E-state index in [-0.39, 0.29) is 0 Å². The molecule has 0 N–H and O–H groups in total. The van der Waals surface area contributed by atoms with Crippen molar-refractivity contribution in [2.45, 2.75) is 98.3 Å². The fourth-order valence-corrected chi connectivity index (χ4v) is 5.22. The minimum absolute atomic E-state index is 0.779. The Morgan fingerprint density at radius 3 is 2.09 bits per heavy atom. The third-order valence-corrected chi connectivity index (χ3v) is 7.03. The molecule has 1 atom stereocenters. The lowest BCUT2D eigenvalue weighted by Crippen LogP contribution is -2.48. The van der Waals surface area contributed by atoms with E-state index in [4.69, 9.17) is 0 Å². The van der Waals surface area contributed by atoms with Gasteiger partial charge in [-0.3, -0.25) is 0 Å². The summed E-state index contributed by atoms with van der Waals surface area (Å²) in [5, 5.41) is 0. The van der Waals surface area contributed by atoms with E-state index < -0.39 is 0 Å². The largest absolute Gasteiger partial charge is 0.303 e. The molecule has 1 saturated heterocycles. The minimum atomic E-state index is 0.779. The molecule has 0 aromatic carbocycles. The SMILES string of the molecule is CCCC(CCC)CN1CCC2(CC1)CC(CCC(C)CC)C2. The first-order valence-corrected chi connectivity index (χ1v) is 10.8. The standard InChI is InChI=1S/C22H43N/c1-5-8-20(9-6-2)18-23-14-12-22(13-15-23)16-21(17-22)11-10-19(4)7-3/h19-21H,5-18H2,1-4H3. The summed E-state index contributed by atoms with van der Waals surface area (Å²) in [6, 6.07) is 0. The van der Waals surface area contributed by atoms with E-state index in [2.05, 4.69) is 32.6 Å². The first-order valence-electron chi connectivity index (χ1n) is 10.8. The average molecular weight is 322 g/mol. The molecule has 0 bridgehead atoms. The maximum absolute atomic E-state index is 2.80. The van der Waals surface area contributed by atoms with Crippen LogP contribution in [-0.2, 0) is 0 Å². The van der Waals surface area contributed by atoms with Crippen molar-refractivity contribution >= 4 is 0 Å². The zero-order chi connectivity index (χ0) is 16.7. The fourth-order valence-electron chi connectivity index (χ4n) is 5.22. The van der Waals surface area contributed by atoms with Crippen molar-refractivity contribution in [1.29, 1.82) is 0 Å². The number of rotatable bonds is 10. The van der Waals surface area contributed by atoms with Crippen LogP contribution in [0.2, 0.25) is 0 Å². The highest BCUT2D eigenvalue weighted by Crippen LogP contribution is 2.54. The molecule has 23 heavy (non-hydrogen) atoms. The number of nitrogens with zero attached hydrogens (tertiary/aromatic N) is 1. The van der Waals surface area contributed by atoms with Gasteiger partial charge in [-0.2, -0.15) is 0 Å². The van der Waals surface area contributed by atoms with Crippen LogP contribution in [0.5, 0.6) is 0 Å². The lowest BCUT2D eigenvalue weighted by molar-refractivity contribution is -0.0216. The summed E-state index contributed by atoms with van der Waals surface area (Å²) in [4.78, 5) is 2.80. The predicted molar refractivity (Wildman–Crippen MR) is 103 cm³/mol. The molecule has 0 amide bonds. The van der Waals surface area contributed by atoms with Crippen LogP contribution in [0.4, 0.5) is 0 Å². The summed E-state index contributed by atoms with van der Waals surface area (Å²) >= 11 is 0. The summed E-state index contributed by atoms with van der Waals surface area (Å²) in [6.07, 6.45) is 16.1. The number of piperidine rings is 1. The van der Waals surface area contributed by atoms with Crippen LogP contribution in [-0.4, -0.2) is 24.5 Å². The second-order valence-corrected chi connectivity index (χ2v) is 9.11. The van der Waals surface area contributed by atoms with Crippen molar-refractivity contribution in [2.75, 3.05) is 19.6 Å². The van der Waals surface area contributed by atoms with Gasteiger partial charge in [-0.05, 0) is 74.8 Å². The zero-order valence-corrected chi connectivity index (χ0v) is 16.6. The predicted octanol–water partition coefficient (Wildman–Crippen LogP) is 6.52. The molecule has 1 nitrogen and oxygen atoms in total. The molecule has 1 aliphatic carbocycles. The minimum Gasteiger partial charge on any atom is -0.303 e. The van der Waals surface area contributed by atoms with Gasteiger partial charge in [-0.15, -0.1) is 0 Å². The molecule has 2 aliphatic rings. The monoisotopic (exact) mass is 321 g/mol. The summed E-state index contributed by atoms with van der Waals surface area (Å²) < 4.78 is 0. The van der Waals surface area contributed by atoms with Crippen LogP contribution in [0.15, 0.2) is 0 Å². The normalized spacial score (nSPS) is 23.3. The third-order valence-electron chi connectivity index (χ3n) is 7.03. The Kier molecular flexibility index (Phi) is 7.92. The van der Waals surface area contributed by atoms with E-state index in [0.29, 0.717) is 0 Å². The van der Waals surface area contributed by atoms with Crippen LogP contribution in [0.25, 0.3) is 0 Å². The maximum atomic E-state index is 2.80. The van der Waals surface area contributed by atoms with Crippen LogP contribution in [0, 0.1) is 23.2 Å². The fraction of sp³-hybridized carbons (Fsp3) is 1.00. The van der Waals surface area contributed by atoms with Gasteiger partial charge in [0.05, 0.1) is 0 Å². The number of hydrogen-bond acceptors (Lipinski definition) is 1. The smallest absolute Gasteiger partial charge is 0.000966 e. The number of hydrogen-bond donors (Lipinski definition) is 0. The van der Waals surface area contributed by atoms with Crippen molar-refractivity contribution in [3.63, 3.8) is 0 Å². The number of likely N-dealkylation sites (tertiary alicyclic amines) is 1. The molecule has 1 unspecified atom stereocenters. The topological polar surface area (TPSA) is 3.24 Å². The molecule has 136 valence electrons. The van der Waals surface area contributed by atoms with Crippen molar-refractivity contribution < 1.29 is 0 Å². The molecule has 0 radical (unpaired) electrons. The van der Waals surface area contributed by atoms with Crippen LogP contribution in [0.1, 0.15) is 98.3 Å². The molecular weight excluding hydrogens is 278 g/mol. The van der Waals surface area contributed by atoms with Crippen molar-refractivity contribution in [1.82, 2.24) is 4.90 Å². The second-order valence-electron chi connectivity index (χ2n) is 9.11. The maximum Gasteiger partial charge on any atom is 0.000966 e. The highest BCUT2D eigenvalue weighted by molar-refractivity contribution is 4.97.